The van der Waals surface area contributed by atoms with Crippen LogP contribution in [0, 0.1) is 10.8 Å². The zero-order valence-corrected chi connectivity index (χ0v) is 20.6. The van der Waals surface area contributed by atoms with Crippen molar-refractivity contribution in [2.45, 2.75) is 84.1 Å². The van der Waals surface area contributed by atoms with Gasteiger partial charge in [-0.2, -0.15) is 0 Å². The molecule has 1 aromatic carbocycles. The number of nitrogens with zero attached hydrogens (tertiary/aromatic N) is 2. The Morgan fingerprint density at radius 2 is 1.71 bits per heavy atom. The zero-order chi connectivity index (χ0) is 24.3. The molecule has 34 heavy (non-hydrogen) atoms. The molecule has 0 saturated heterocycles. The van der Waals surface area contributed by atoms with Crippen molar-refractivity contribution >= 4 is 23.4 Å². The summed E-state index contributed by atoms with van der Waals surface area (Å²) in [4.78, 5) is 42.8. The molecule has 1 heterocycles. The second-order valence-electron chi connectivity index (χ2n) is 10.2. The third kappa shape index (κ3) is 5.12. The third-order valence-electron chi connectivity index (χ3n) is 7.99. The number of hydrogen-bond donors (Lipinski definition) is 1. The molecule has 1 aromatic heterocycles. The Labute approximate surface area is 205 Å². The topological polar surface area (TPSA) is 89.3 Å². The van der Waals surface area contributed by atoms with Gasteiger partial charge in [-0.3, -0.25) is 19.0 Å². The van der Waals surface area contributed by atoms with Crippen molar-refractivity contribution in [2.24, 2.45) is 10.8 Å². The summed E-state index contributed by atoms with van der Waals surface area (Å²) in [5, 5.41) is 10.2. The first-order valence-corrected chi connectivity index (χ1v) is 12.8. The minimum atomic E-state index is -0.692. The fourth-order valence-electron chi connectivity index (χ4n) is 5.72. The van der Waals surface area contributed by atoms with Gasteiger partial charge in [0.25, 0.3) is 5.56 Å². The van der Waals surface area contributed by atoms with Crippen LogP contribution in [0.25, 0.3) is 11.3 Å². The van der Waals surface area contributed by atoms with Crippen molar-refractivity contribution in [3.05, 3.63) is 51.5 Å². The minimum Gasteiger partial charge on any atom is -0.481 e. The van der Waals surface area contributed by atoms with Gasteiger partial charge < -0.3 is 5.11 Å². The molecule has 3 aliphatic rings. The molecular weight excluding hydrogens is 452 g/mol. The summed E-state index contributed by atoms with van der Waals surface area (Å²) in [7, 11) is 0. The molecule has 0 unspecified atom stereocenters. The van der Waals surface area contributed by atoms with Crippen LogP contribution in [0.15, 0.2) is 35.1 Å². The first-order valence-electron chi connectivity index (χ1n) is 12.4. The molecule has 1 N–H and O–H groups in total. The lowest BCUT2D eigenvalue weighted by molar-refractivity contribution is -0.159. The van der Waals surface area contributed by atoms with Crippen LogP contribution in [-0.2, 0) is 22.6 Å². The summed E-state index contributed by atoms with van der Waals surface area (Å²) >= 11 is 6.01. The van der Waals surface area contributed by atoms with E-state index in [9.17, 15) is 19.5 Å². The van der Waals surface area contributed by atoms with Crippen LogP contribution < -0.4 is 5.56 Å². The van der Waals surface area contributed by atoms with Crippen LogP contribution in [0.1, 0.15) is 77.0 Å². The lowest BCUT2D eigenvalue weighted by Crippen LogP contribution is -2.46. The number of hydrogen-bond acceptors (Lipinski definition) is 4. The molecule has 3 aliphatic carbocycles. The van der Waals surface area contributed by atoms with Crippen molar-refractivity contribution < 1.29 is 14.7 Å². The standard InChI is InChI=1S/C27H33ClN2O4/c1-2-3-4-5-23-29-22(19-6-8-20(28)9-7-19)16-24(32)30(23)18-21(31)17-26-10-13-27(14-11-26,15-12-26)25(33)34/h6-9,16H,2-5,10-15,17-18H2,1H3,(H,33,34). The number of fused-ring (bicyclic) bond motifs is 3. The Bertz CT molecular complexity index is 1100. The lowest BCUT2D eigenvalue weighted by atomic mass is 9.52. The van der Waals surface area contributed by atoms with Crippen molar-refractivity contribution in [1.82, 2.24) is 9.55 Å². The van der Waals surface area contributed by atoms with Gasteiger partial charge in [-0.05, 0) is 62.5 Å². The van der Waals surface area contributed by atoms with Gasteiger partial charge in [0.05, 0.1) is 17.7 Å². The van der Waals surface area contributed by atoms with Gasteiger partial charge in [-0.1, -0.05) is 43.5 Å². The van der Waals surface area contributed by atoms with E-state index in [-0.39, 0.29) is 23.3 Å². The number of carbonyl (C=O) groups is 2. The molecule has 3 fully saturated rings. The molecule has 3 saturated carbocycles. The molecule has 0 spiro atoms. The number of unbranched alkanes of at least 4 members (excludes halogenated alkanes) is 2. The molecule has 0 amide bonds. The predicted octanol–water partition coefficient (Wildman–Crippen LogP) is 5.68. The highest BCUT2D eigenvalue weighted by Gasteiger charge is 2.52. The Balaban J connectivity index is 1.53. The average molecular weight is 485 g/mol. The van der Waals surface area contributed by atoms with Gasteiger partial charge in [0.1, 0.15) is 5.82 Å². The molecule has 0 radical (unpaired) electrons. The minimum absolute atomic E-state index is 0.0278. The molecule has 0 atom stereocenters. The van der Waals surface area contributed by atoms with Crippen LogP contribution in [-0.4, -0.2) is 26.4 Å². The molecule has 2 bridgehead atoms. The number of aromatic nitrogens is 2. The molecule has 182 valence electrons. The van der Waals surface area contributed by atoms with Gasteiger partial charge in [-0.25, -0.2) is 4.98 Å². The van der Waals surface area contributed by atoms with Crippen LogP contribution in [0.2, 0.25) is 5.02 Å². The summed E-state index contributed by atoms with van der Waals surface area (Å²) in [6.07, 6.45) is 8.31. The van der Waals surface area contributed by atoms with Crippen LogP contribution >= 0.6 is 11.6 Å². The van der Waals surface area contributed by atoms with Gasteiger partial charge in [0.2, 0.25) is 0 Å². The summed E-state index contributed by atoms with van der Waals surface area (Å²) in [5.74, 6) is -0.0132. The average Bonchev–Trinajstić information content (AvgIpc) is 2.82. The van der Waals surface area contributed by atoms with E-state index in [0.717, 1.165) is 44.1 Å². The number of Topliss-reactive ketones (excluding diaryl/α,β-unsaturated/α-hetero) is 1. The Morgan fingerprint density at radius 1 is 1.06 bits per heavy atom. The number of carbonyl (C=O) groups excluding carboxylic acids is 1. The number of aryl methyl sites for hydroxylation is 1. The molecule has 2 aromatic rings. The fourth-order valence-corrected chi connectivity index (χ4v) is 5.84. The van der Waals surface area contributed by atoms with Gasteiger partial charge in [0, 0.05) is 29.5 Å². The quantitative estimate of drug-likeness (QED) is 0.438. The normalized spacial score (nSPS) is 23.7. The monoisotopic (exact) mass is 484 g/mol. The number of rotatable bonds is 10. The van der Waals surface area contributed by atoms with E-state index in [2.05, 4.69) is 6.92 Å². The number of carboxylic acids is 1. The summed E-state index contributed by atoms with van der Waals surface area (Å²) in [5.41, 5.74) is 0.503. The van der Waals surface area contributed by atoms with Gasteiger partial charge >= 0.3 is 5.97 Å². The highest BCUT2D eigenvalue weighted by molar-refractivity contribution is 6.30. The van der Waals surface area contributed by atoms with E-state index in [1.807, 2.05) is 12.1 Å². The Hall–Kier alpha value is -2.47. The van der Waals surface area contributed by atoms with Crippen LogP contribution in [0.5, 0.6) is 0 Å². The van der Waals surface area contributed by atoms with Crippen molar-refractivity contribution in [2.75, 3.05) is 0 Å². The van der Waals surface area contributed by atoms with E-state index in [0.29, 0.717) is 48.6 Å². The summed E-state index contributed by atoms with van der Waals surface area (Å²) in [6, 6.07) is 8.74. The molecular formula is C27H33ClN2O4. The third-order valence-corrected chi connectivity index (χ3v) is 8.25. The van der Waals surface area contributed by atoms with E-state index >= 15 is 0 Å². The fraction of sp³-hybridized carbons (Fsp3) is 0.556. The number of aliphatic carboxylic acids is 1. The second-order valence-corrected chi connectivity index (χ2v) is 10.7. The van der Waals surface area contributed by atoms with E-state index in [4.69, 9.17) is 16.6 Å². The molecule has 7 heteroatoms. The molecule has 6 nitrogen and oxygen atoms in total. The molecule has 5 rings (SSSR count). The van der Waals surface area contributed by atoms with E-state index in [1.54, 1.807) is 16.7 Å². The number of ketones is 1. The second kappa shape index (κ2) is 10.0. The zero-order valence-electron chi connectivity index (χ0n) is 19.8. The van der Waals surface area contributed by atoms with Crippen molar-refractivity contribution in [1.29, 1.82) is 0 Å². The maximum atomic E-state index is 13.2. The number of carboxylic acid groups (broad SMARTS) is 1. The Morgan fingerprint density at radius 3 is 2.29 bits per heavy atom. The largest absolute Gasteiger partial charge is 0.481 e. The highest BCUT2D eigenvalue weighted by atomic mass is 35.5. The van der Waals surface area contributed by atoms with Crippen LogP contribution in [0.4, 0.5) is 0 Å². The first kappa shape index (κ1) is 24.6. The molecule has 0 aliphatic heterocycles. The van der Waals surface area contributed by atoms with Gasteiger partial charge in [-0.15, -0.1) is 0 Å². The maximum Gasteiger partial charge on any atom is 0.309 e. The van der Waals surface area contributed by atoms with E-state index in [1.165, 1.54) is 6.07 Å². The predicted molar refractivity (Wildman–Crippen MR) is 132 cm³/mol. The van der Waals surface area contributed by atoms with Gasteiger partial charge in [0.15, 0.2) is 5.78 Å². The highest BCUT2D eigenvalue weighted by Crippen LogP contribution is 2.58. The van der Waals surface area contributed by atoms with Crippen molar-refractivity contribution in [3.8, 4) is 11.3 Å². The van der Waals surface area contributed by atoms with Crippen molar-refractivity contribution in [3.63, 3.8) is 0 Å². The summed E-state index contributed by atoms with van der Waals surface area (Å²) < 4.78 is 1.54. The number of benzene rings is 1. The first-order chi connectivity index (χ1) is 16.3. The maximum absolute atomic E-state index is 13.2. The smallest absolute Gasteiger partial charge is 0.309 e. The number of halogens is 1. The van der Waals surface area contributed by atoms with E-state index < -0.39 is 11.4 Å². The van der Waals surface area contributed by atoms with Crippen LogP contribution in [0.3, 0.4) is 0 Å². The Kier molecular flexibility index (Phi) is 7.27. The SMILES string of the molecule is CCCCCc1nc(-c2ccc(Cl)cc2)cc(=O)n1CC(=O)CC12CCC(C(=O)O)(CC1)CC2. The lowest BCUT2D eigenvalue weighted by Gasteiger charge is -2.51. The summed E-state index contributed by atoms with van der Waals surface area (Å²) in [6.45, 7) is 2.15.